The number of benzene rings is 1. The van der Waals surface area contributed by atoms with Crippen molar-refractivity contribution in [3.05, 3.63) is 63.9 Å². The van der Waals surface area contributed by atoms with Crippen molar-refractivity contribution >= 4 is 15.9 Å². The molecule has 0 spiro atoms. The Bertz CT molecular complexity index is 529. The highest BCUT2D eigenvalue weighted by Gasteiger charge is 2.20. The van der Waals surface area contributed by atoms with Crippen LogP contribution in [0.3, 0.4) is 0 Å². The summed E-state index contributed by atoms with van der Waals surface area (Å²) in [6.07, 6.45) is 2.26. The quantitative estimate of drug-likeness (QED) is 0.881. The molecule has 0 radical (unpaired) electrons. The van der Waals surface area contributed by atoms with Crippen molar-refractivity contribution in [3.63, 3.8) is 0 Å². The van der Waals surface area contributed by atoms with Gasteiger partial charge in [0.15, 0.2) is 0 Å². The molecule has 1 aliphatic carbocycles. The smallest absolute Gasteiger partial charge is 0.106 e. The van der Waals surface area contributed by atoms with Gasteiger partial charge in [0, 0.05) is 12.6 Å². The summed E-state index contributed by atoms with van der Waals surface area (Å²) >= 11 is 3.40. The Kier molecular flexibility index (Phi) is 3.43. The van der Waals surface area contributed by atoms with Gasteiger partial charge in [-0.15, -0.1) is 0 Å². The van der Waals surface area contributed by atoms with Gasteiger partial charge in [-0.3, -0.25) is 0 Å². The molecule has 0 unspecified atom stereocenters. The lowest BCUT2D eigenvalue weighted by Gasteiger charge is -2.11. The van der Waals surface area contributed by atoms with Gasteiger partial charge < -0.3 is 5.32 Å². The third kappa shape index (κ3) is 2.62. The third-order valence-electron chi connectivity index (χ3n) is 3.40. The Hall–Kier alpha value is -1.19. The average molecular weight is 303 g/mol. The second-order valence-electron chi connectivity index (χ2n) is 4.71. The summed E-state index contributed by atoms with van der Waals surface area (Å²) in [4.78, 5) is 4.44. The van der Waals surface area contributed by atoms with Crippen molar-refractivity contribution in [2.24, 2.45) is 0 Å². The van der Waals surface area contributed by atoms with Crippen molar-refractivity contribution in [2.75, 3.05) is 0 Å². The van der Waals surface area contributed by atoms with Gasteiger partial charge in [-0.1, -0.05) is 30.3 Å². The standard InChI is InChI=1S/C15H15BrN2/c16-15-7-3-6-13(18-15)10-17-14-8-11-4-1-2-5-12(11)9-14/h1-7,14,17H,8-10H2. The first-order chi connectivity index (χ1) is 8.81. The van der Waals surface area contributed by atoms with E-state index in [-0.39, 0.29) is 0 Å². The fourth-order valence-electron chi connectivity index (χ4n) is 2.50. The van der Waals surface area contributed by atoms with E-state index in [1.807, 2.05) is 12.1 Å². The van der Waals surface area contributed by atoms with E-state index < -0.39 is 0 Å². The first kappa shape index (κ1) is 11.9. The maximum atomic E-state index is 4.44. The van der Waals surface area contributed by atoms with Crippen LogP contribution in [0.15, 0.2) is 47.1 Å². The molecule has 1 N–H and O–H groups in total. The Morgan fingerprint density at radius 3 is 2.44 bits per heavy atom. The number of halogens is 1. The molecule has 0 fully saturated rings. The van der Waals surface area contributed by atoms with Crippen molar-refractivity contribution in [1.82, 2.24) is 10.3 Å². The summed E-state index contributed by atoms with van der Waals surface area (Å²) in [6.45, 7) is 0.831. The van der Waals surface area contributed by atoms with E-state index in [0.29, 0.717) is 6.04 Å². The van der Waals surface area contributed by atoms with Crippen molar-refractivity contribution in [2.45, 2.75) is 25.4 Å². The lowest BCUT2D eigenvalue weighted by Crippen LogP contribution is -2.29. The predicted octanol–water partition coefficient (Wildman–Crippen LogP) is 3.10. The number of hydrogen-bond donors (Lipinski definition) is 1. The molecule has 0 amide bonds. The molecule has 1 aromatic heterocycles. The second kappa shape index (κ2) is 5.21. The topological polar surface area (TPSA) is 24.9 Å². The van der Waals surface area contributed by atoms with Gasteiger partial charge in [0.25, 0.3) is 0 Å². The molecule has 2 aromatic rings. The van der Waals surface area contributed by atoms with Crippen LogP contribution in [0.4, 0.5) is 0 Å². The zero-order valence-electron chi connectivity index (χ0n) is 10.1. The first-order valence-electron chi connectivity index (χ1n) is 6.23. The first-order valence-corrected chi connectivity index (χ1v) is 7.02. The van der Waals surface area contributed by atoms with Crippen LogP contribution < -0.4 is 5.32 Å². The van der Waals surface area contributed by atoms with Crippen molar-refractivity contribution < 1.29 is 0 Å². The molecule has 1 aliphatic rings. The number of nitrogens with zero attached hydrogens (tertiary/aromatic N) is 1. The zero-order valence-corrected chi connectivity index (χ0v) is 11.7. The van der Waals surface area contributed by atoms with Crippen LogP contribution in [0, 0.1) is 0 Å². The number of fused-ring (bicyclic) bond motifs is 1. The largest absolute Gasteiger partial charge is 0.308 e. The highest BCUT2D eigenvalue weighted by Crippen LogP contribution is 2.21. The van der Waals surface area contributed by atoms with Gasteiger partial charge in [-0.25, -0.2) is 4.98 Å². The number of rotatable bonds is 3. The van der Waals surface area contributed by atoms with E-state index in [2.05, 4.69) is 56.6 Å². The van der Waals surface area contributed by atoms with Gasteiger partial charge in [0.2, 0.25) is 0 Å². The Labute approximate surface area is 116 Å². The summed E-state index contributed by atoms with van der Waals surface area (Å²) in [5, 5.41) is 3.59. The van der Waals surface area contributed by atoms with Crippen molar-refractivity contribution in [1.29, 1.82) is 0 Å². The van der Waals surface area contributed by atoms with Crippen LogP contribution in [0.2, 0.25) is 0 Å². The third-order valence-corrected chi connectivity index (χ3v) is 3.84. The molecule has 1 heterocycles. The van der Waals surface area contributed by atoms with Crippen molar-refractivity contribution in [3.8, 4) is 0 Å². The van der Waals surface area contributed by atoms with E-state index in [4.69, 9.17) is 0 Å². The number of aromatic nitrogens is 1. The molecule has 0 saturated heterocycles. The summed E-state index contributed by atoms with van der Waals surface area (Å²) in [5.74, 6) is 0. The SMILES string of the molecule is Brc1cccc(CNC2Cc3ccccc3C2)n1. The van der Waals surface area contributed by atoms with E-state index >= 15 is 0 Å². The predicted molar refractivity (Wildman–Crippen MR) is 76.4 cm³/mol. The molecular weight excluding hydrogens is 288 g/mol. The van der Waals surface area contributed by atoms with Crippen LogP contribution in [0.5, 0.6) is 0 Å². The number of pyridine rings is 1. The average Bonchev–Trinajstić information content (AvgIpc) is 2.79. The summed E-state index contributed by atoms with van der Waals surface area (Å²) in [6, 6.07) is 15.3. The second-order valence-corrected chi connectivity index (χ2v) is 5.52. The molecular formula is C15H15BrN2. The maximum Gasteiger partial charge on any atom is 0.106 e. The van der Waals surface area contributed by atoms with Gasteiger partial charge >= 0.3 is 0 Å². The lowest BCUT2D eigenvalue weighted by atomic mass is 10.1. The summed E-state index contributed by atoms with van der Waals surface area (Å²) < 4.78 is 0.900. The van der Waals surface area contributed by atoms with E-state index in [9.17, 15) is 0 Å². The maximum absolute atomic E-state index is 4.44. The van der Waals surface area contributed by atoms with Crippen LogP contribution in [-0.2, 0) is 19.4 Å². The Morgan fingerprint density at radius 1 is 1.06 bits per heavy atom. The zero-order chi connectivity index (χ0) is 12.4. The van der Waals surface area contributed by atoms with E-state index in [1.165, 1.54) is 11.1 Å². The Morgan fingerprint density at radius 2 is 1.78 bits per heavy atom. The van der Waals surface area contributed by atoms with Crippen LogP contribution in [0.1, 0.15) is 16.8 Å². The molecule has 1 aromatic carbocycles. The van der Waals surface area contributed by atoms with Gasteiger partial charge in [0.1, 0.15) is 4.60 Å². The monoisotopic (exact) mass is 302 g/mol. The molecule has 0 saturated carbocycles. The molecule has 2 nitrogen and oxygen atoms in total. The van der Waals surface area contributed by atoms with E-state index in [0.717, 1.165) is 29.7 Å². The molecule has 0 bridgehead atoms. The minimum Gasteiger partial charge on any atom is -0.308 e. The van der Waals surface area contributed by atoms with Gasteiger partial charge in [-0.2, -0.15) is 0 Å². The van der Waals surface area contributed by atoms with E-state index in [1.54, 1.807) is 0 Å². The fourth-order valence-corrected chi connectivity index (χ4v) is 2.88. The van der Waals surface area contributed by atoms with Gasteiger partial charge in [-0.05, 0) is 52.0 Å². The molecule has 0 atom stereocenters. The minimum atomic E-state index is 0.545. The summed E-state index contributed by atoms with van der Waals surface area (Å²) in [5.41, 5.74) is 4.05. The number of nitrogens with one attached hydrogen (secondary N) is 1. The molecule has 92 valence electrons. The lowest BCUT2D eigenvalue weighted by molar-refractivity contribution is 0.527. The number of hydrogen-bond acceptors (Lipinski definition) is 2. The molecule has 3 rings (SSSR count). The summed E-state index contributed by atoms with van der Waals surface area (Å²) in [7, 11) is 0. The van der Waals surface area contributed by atoms with Crippen LogP contribution in [-0.4, -0.2) is 11.0 Å². The molecule has 3 heteroatoms. The van der Waals surface area contributed by atoms with Crippen LogP contribution in [0.25, 0.3) is 0 Å². The molecule has 0 aliphatic heterocycles. The Balaban J connectivity index is 1.60. The highest BCUT2D eigenvalue weighted by molar-refractivity contribution is 9.10. The minimum absolute atomic E-state index is 0.545. The van der Waals surface area contributed by atoms with Gasteiger partial charge in [0.05, 0.1) is 5.69 Å². The normalized spacial score (nSPS) is 14.7. The fraction of sp³-hybridized carbons (Fsp3) is 0.267. The van der Waals surface area contributed by atoms with Crippen LogP contribution >= 0.6 is 15.9 Å². The highest BCUT2D eigenvalue weighted by atomic mass is 79.9. The molecule has 18 heavy (non-hydrogen) atoms.